The Balaban J connectivity index is 1.64. The van der Waals surface area contributed by atoms with Gasteiger partial charge in [0, 0.05) is 6.54 Å². The third kappa shape index (κ3) is 3.44. The molecule has 2 N–H and O–H groups in total. The van der Waals surface area contributed by atoms with Crippen LogP contribution in [0.5, 0.6) is 0 Å². The van der Waals surface area contributed by atoms with E-state index in [0.717, 1.165) is 51.5 Å². The van der Waals surface area contributed by atoms with E-state index in [0.29, 0.717) is 23.4 Å². The van der Waals surface area contributed by atoms with E-state index in [1.54, 1.807) is 10.9 Å². The molecule has 5 rings (SSSR count). The minimum Gasteiger partial charge on any atom is -0.481 e. The van der Waals surface area contributed by atoms with Crippen LogP contribution in [0.15, 0.2) is 11.0 Å². The van der Waals surface area contributed by atoms with Crippen LogP contribution in [0.25, 0.3) is 0 Å². The maximum Gasteiger partial charge on any atom is 0.303 e. The van der Waals surface area contributed by atoms with E-state index >= 15 is 0 Å². The molecule has 2 unspecified atom stereocenters. The summed E-state index contributed by atoms with van der Waals surface area (Å²) in [7, 11) is 0. The van der Waals surface area contributed by atoms with Crippen LogP contribution in [0, 0.1) is 23.2 Å². The lowest BCUT2D eigenvalue weighted by Crippen LogP contribution is -2.59. The first-order valence-corrected chi connectivity index (χ1v) is 10.8. The molecule has 7 heteroatoms. The molecule has 28 heavy (non-hydrogen) atoms. The maximum absolute atomic E-state index is 13.1. The fraction of sp³-hybridized carbons (Fsp3) is 0.762. The van der Waals surface area contributed by atoms with Gasteiger partial charge in [0.05, 0.1) is 23.8 Å². The highest BCUT2D eigenvalue weighted by molar-refractivity contribution is 6.32. The summed E-state index contributed by atoms with van der Waals surface area (Å²) in [5.41, 5.74) is -0.230. The van der Waals surface area contributed by atoms with Gasteiger partial charge in [-0.25, -0.2) is 4.68 Å². The average Bonchev–Trinajstić information content (AvgIpc) is 2.55. The Morgan fingerprint density at radius 2 is 2.04 bits per heavy atom. The van der Waals surface area contributed by atoms with E-state index in [9.17, 15) is 14.7 Å². The number of hydrogen-bond acceptors (Lipinski definition) is 4. The molecule has 0 saturated heterocycles. The van der Waals surface area contributed by atoms with E-state index in [-0.39, 0.29) is 28.0 Å². The number of aromatic nitrogens is 2. The fourth-order valence-electron chi connectivity index (χ4n) is 6.57. The van der Waals surface area contributed by atoms with Gasteiger partial charge in [-0.05, 0) is 68.1 Å². The number of rotatable bonds is 7. The number of nitrogens with zero attached hydrogens (tertiary/aromatic N) is 2. The summed E-state index contributed by atoms with van der Waals surface area (Å²) in [4.78, 5) is 24.7. The second-order valence-corrected chi connectivity index (χ2v) is 10.3. The molecule has 4 aliphatic carbocycles. The summed E-state index contributed by atoms with van der Waals surface area (Å²) < 4.78 is 1.61. The van der Waals surface area contributed by atoms with Crippen molar-refractivity contribution in [3.8, 4) is 0 Å². The van der Waals surface area contributed by atoms with Gasteiger partial charge >= 0.3 is 5.97 Å². The number of nitrogens with one attached hydrogen (secondary N) is 1. The van der Waals surface area contributed by atoms with Crippen molar-refractivity contribution in [3.63, 3.8) is 0 Å². The van der Waals surface area contributed by atoms with Crippen molar-refractivity contribution >= 4 is 23.3 Å². The van der Waals surface area contributed by atoms with E-state index < -0.39 is 5.97 Å². The molecule has 0 aromatic carbocycles. The summed E-state index contributed by atoms with van der Waals surface area (Å²) in [5.74, 6) is 0.797. The molecular formula is C21H30ClN3O3. The fourth-order valence-corrected chi connectivity index (χ4v) is 6.76. The van der Waals surface area contributed by atoms with Crippen molar-refractivity contribution in [2.45, 2.75) is 70.8 Å². The van der Waals surface area contributed by atoms with Crippen LogP contribution in [0.2, 0.25) is 5.02 Å². The second kappa shape index (κ2) is 7.05. The van der Waals surface area contributed by atoms with Gasteiger partial charge in [0.2, 0.25) is 0 Å². The van der Waals surface area contributed by atoms with Gasteiger partial charge in [-0.15, -0.1) is 0 Å². The zero-order valence-electron chi connectivity index (χ0n) is 16.7. The van der Waals surface area contributed by atoms with Crippen molar-refractivity contribution < 1.29 is 9.90 Å². The first-order valence-electron chi connectivity index (χ1n) is 10.5. The van der Waals surface area contributed by atoms with Crippen molar-refractivity contribution in [1.82, 2.24) is 9.78 Å². The van der Waals surface area contributed by atoms with Crippen molar-refractivity contribution in [2.75, 3.05) is 11.9 Å². The third-order valence-electron chi connectivity index (χ3n) is 7.08. The van der Waals surface area contributed by atoms with E-state index in [1.807, 2.05) is 0 Å². The van der Waals surface area contributed by atoms with Crippen molar-refractivity contribution in [2.24, 2.45) is 23.2 Å². The molecule has 0 aliphatic heterocycles. The molecule has 4 atom stereocenters. The Morgan fingerprint density at radius 3 is 2.64 bits per heavy atom. The van der Waals surface area contributed by atoms with Gasteiger partial charge in [-0.2, -0.15) is 5.10 Å². The highest BCUT2D eigenvalue weighted by Gasteiger charge is 2.59. The quantitative estimate of drug-likeness (QED) is 0.710. The number of halogens is 1. The van der Waals surface area contributed by atoms with Gasteiger partial charge < -0.3 is 10.4 Å². The Bertz CT molecular complexity index is 821. The largest absolute Gasteiger partial charge is 0.481 e. The zero-order valence-corrected chi connectivity index (χ0v) is 17.5. The third-order valence-corrected chi connectivity index (χ3v) is 7.45. The summed E-state index contributed by atoms with van der Waals surface area (Å²) in [6.07, 6.45) is 8.49. The molecular weight excluding hydrogens is 378 g/mol. The molecule has 1 heterocycles. The minimum absolute atomic E-state index is 0.194. The second-order valence-electron chi connectivity index (χ2n) is 9.95. The van der Waals surface area contributed by atoms with Crippen LogP contribution in [-0.2, 0) is 10.3 Å². The SMILES string of the molecule is CC(C)CCNc1cnn(C23C[C@@H]4C[C@@H](CC(CC(=O)O)(C4)C2)C3)c(=O)c1Cl. The number of carboxylic acids is 1. The highest BCUT2D eigenvalue weighted by atomic mass is 35.5. The van der Waals surface area contributed by atoms with Gasteiger partial charge in [0.1, 0.15) is 5.02 Å². The van der Waals surface area contributed by atoms with Gasteiger partial charge in [0.15, 0.2) is 0 Å². The smallest absolute Gasteiger partial charge is 0.303 e. The summed E-state index contributed by atoms with van der Waals surface area (Å²) in [6, 6.07) is 0. The topological polar surface area (TPSA) is 84.2 Å². The Labute approximate surface area is 170 Å². The van der Waals surface area contributed by atoms with Crippen LogP contribution < -0.4 is 10.9 Å². The molecule has 4 fully saturated rings. The summed E-state index contributed by atoms with van der Waals surface area (Å²) in [6.45, 7) is 5.05. The average molecular weight is 408 g/mol. The van der Waals surface area contributed by atoms with Crippen LogP contribution in [0.3, 0.4) is 0 Å². The molecule has 4 aliphatic rings. The van der Waals surface area contributed by atoms with E-state index in [1.165, 1.54) is 0 Å². The number of anilines is 1. The number of carboxylic acid groups (broad SMARTS) is 1. The standard InChI is InChI=1S/C21H30ClN3O3/c1-13(2)3-4-23-16-11-24-25(19(28)18(16)22)21-8-14-5-15(9-21)7-20(6-14,12-21)10-17(26)27/h11,13-15,23H,3-10,12H2,1-2H3,(H,26,27)/t14-,15+,20?,21?. The lowest BCUT2D eigenvalue weighted by molar-refractivity contribution is -0.151. The first kappa shape index (κ1) is 19.7. The number of hydrogen-bond donors (Lipinski definition) is 2. The summed E-state index contributed by atoms with van der Waals surface area (Å²) in [5, 5.41) is 17.4. The minimum atomic E-state index is -0.736. The van der Waals surface area contributed by atoms with E-state index in [2.05, 4.69) is 24.3 Å². The van der Waals surface area contributed by atoms with Gasteiger partial charge in [-0.3, -0.25) is 9.59 Å². The summed E-state index contributed by atoms with van der Waals surface area (Å²) >= 11 is 6.44. The Hall–Kier alpha value is -1.56. The predicted octanol–water partition coefficient (Wildman–Crippen LogP) is 4.12. The van der Waals surface area contributed by atoms with Crippen molar-refractivity contribution in [1.29, 1.82) is 0 Å². The van der Waals surface area contributed by atoms with Crippen molar-refractivity contribution in [3.05, 3.63) is 21.6 Å². The van der Waals surface area contributed by atoms with Crippen LogP contribution in [0.1, 0.15) is 65.2 Å². The highest BCUT2D eigenvalue weighted by Crippen LogP contribution is 2.65. The van der Waals surface area contributed by atoms with E-state index in [4.69, 9.17) is 11.6 Å². The molecule has 4 saturated carbocycles. The molecule has 6 nitrogen and oxygen atoms in total. The maximum atomic E-state index is 13.1. The lowest BCUT2D eigenvalue weighted by atomic mass is 9.46. The van der Waals surface area contributed by atoms with Gasteiger partial charge in [-0.1, -0.05) is 25.4 Å². The predicted molar refractivity (Wildman–Crippen MR) is 109 cm³/mol. The molecule has 154 valence electrons. The molecule has 1 aromatic rings. The van der Waals surface area contributed by atoms with Gasteiger partial charge in [0.25, 0.3) is 5.56 Å². The lowest BCUT2D eigenvalue weighted by Gasteiger charge is -2.61. The number of carbonyl (C=O) groups is 1. The molecule has 4 bridgehead atoms. The molecule has 0 amide bonds. The normalized spacial score (nSPS) is 33.4. The molecule has 0 radical (unpaired) electrons. The monoisotopic (exact) mass is 407 g/mol. The Kier molecular flexibility index (Phi) is 4.97. The molecule has 0 spiro atoms. The van der Waals surface area contributed by atoms with Crippen LogP contribution in [0.4, 0.5) is 5.69 Å². The Morgan fingerprint density at radius 1 is 1.36 bits per heavy atom. The zero-order chi connectivity index (χ0) is 20.1. The van der Waals surface area contributed by atoms with Crippen LogP contribution in [-0.4, -0.2) is 27.4 Å². The number of aliphatic carboxylic acids is 1. The first-order chi connectivity index (χ1) is 13.2. The molecule has 1 aromatic heterocycles. The van der Waals surface area contributed by atoms with Crippen LogP contribution >= 0.6 is 11.6 Å².